The topological polar surface area (TPSA) is 42.9 Å². The number of thioether (sulfide) groups is 1. The van der Waals surface area contributed by atoms with Crippen molar-refractivity contribution in [3.05, 3.63) is 77.4 Å². The van der Waals surface area contributed by atoms with Crippen LogP contribution in [0.15, 0.2) is 72.0 Å². The Morgan fingerprint density at radius 3 is 2.41 bits per heavy atom. The van der Waals surface area contributed by atoms with Crippen molar-refractivity contribution in [2.45, 2.75) is 5.16 Å². The van der Waals surface area contributed by atoms with Gasteiger partial charge in [0.05, 0.1) is 5.69 Å². The highest BCUT2D eigenvalue weighted by Crippen LogP contribution is 2.23. The van der Waals surface area contributed by atoms with E-state index in [4.69, 9.17) is 11.6 Å². The van der Waals surface area contributed by atoms with Crippen LogP contribution in [0.3, 0.4) is 0 Å². The molecule has 0 amide bonds. The second-order valence-corrected chi connectivity index (χ2v) is 5.86. The number of hydrogen-bond donors (Lipinski definition) is 0. The number of aromatic nitrogens is 2. The Morgan fingerprint density at radius 1 is 0.955 bits per heavy atom. The van der Waals surface area contributed by atoms with Crippen LogP contribution in [0.25, 0.3) is 11.3 Å². The van der Waals surface area contributed by atoms with Crippen molar-refractivity contribution < 1.29 is 4.79 Å². The third kappa shape index (κ3) is 3.53. The second-order valence-electron chi connectivity index (χ2n) is 4.49. The Hall–Kier alpha value is -2.17. The molecule has 0 atom stereocenters. The van der Waals surface area contributed by atoms with Gasteiger partial charge in [-0.2, -0.15) is 0 Å². The summed E-state index contributed by atoms with van der Waals surface area (Å²) < 4.78 is 0. The quantitative estimate of drug-likeness (QED) is 0.515. The summed E-state index contributed by atoms with van der Waals surface area (Å²) in [5, 5.41) is 0.923. The molecule has 0 bridgehead atoms. The second kappa shape index (κ2) is 6.73. The minimum absolute atomic E-state index is 0.109. The first kappa shape index (κ1) is 14.8. The number of hydrogen-bond acceptors (Lipinski definition) is 4. The first-order chi connectivity index (χ1) is 10.7. The van der Waals surface area contributed by atoms with Gasteiger partial charge in [0.1, 0.15) is 0 Å². The Morgan fingerprint density at radius 2 is 1.68 bits per heavy atom. The van der Waals surface area contributed by atoms with Crippen molar-refractivity contribution in [3.8, 4) is 11.3 Å². The fourth-order valence-corrected chi connectivity index (χ4v) is 2.69. The van der Waals surface area contributed by atoms with E-state index in [2.05, 4.69) is 9.97 Å². The van der Waals surface area contributed by atoms with Crippen molar-refractivity contribution in [3.63, 3.8) is 0 Å². The summed E-state index contributed by atoms with van der Waals surface area (Å²) in [6.45, 7) is 0. The average molecular weight is 327 g/mol. The molecule has 22 heavy (non-hydrogen) atoms. The summed E-state index contributed by atoms with van der Waals surface area (Å²) in [4.78, 5) is 20.8. The zero-order valence-corrected chi connectivity index (χ0v) is 13.0. The lowest BCUT2D eigenvalue weighted by Gasteiger charge is -2.03. The van der Waals surface area contributed by atoms with E-state index in [-0.39, 0.29) is 5.12 Å². The van der Waals surface area contributed by atoms with E-state index in [1.807, 2.05) is 36.4 Å². The van der Waals surface area contributed by atoms with E-state index in [9.17, 15) is 4.79 Å². The van der Waals surface area contributed by atoms with Crippen LogP contribution in [0, 0.1) is 0 Å². The molecule has 0 radical (unpaired) electrons. The fraction of sp³-hybridized carbons (Fsp3) is 0. The van der Waals surface area contributed by atoms with Crippen LogP contribution in [0.5, 0.6) is 0 Å². The van der Waals surface area contributed by atoms with Crippen LogP contribution in [-0.4, -0.2) is 15.1 Å². The molecule has 108 valence electrons. The molecule has 0 aliphatic rings. The van der Waals surface area contributed by atoms with E-state index in [1.54, 1.807) is 30.5 Å². The number of rotatable bonds is 3. The van der Waals surface area contributed by atoms with E-state index in [0.717, 1.165) is 23.0 Å². The standard InChI is InChI=1S/C17H11ClN2OS/c18-14-8-6-13(7-9-14)16(21)22-17-19-11-10-15(20-17)12-4-2-1-3-5-12/h1-11H. The molecular formula is C17H11ClN2OS. The van der Waals surface area contributed by atoms with Crippen LogP contribution in [0.4, 0.5) is 0 Å². The lowest BCUT2D eigenvalue weighted by molar-refractivity contribution is 0.108. The minimum atomic E-state index is -0.109. The van der Waals surface area contributed by atoms with Gasteiger partial charge in [0.15, 0.2) is 5.16 Å². The maximum Gasteiger partial charge on any atom is 0.227 e. The number of nitrogens with zero attached hydrogens (tertiary/aromatic N) is 2. The van der Waals surface area contributed by atoms with Crippen LogP contribution in [0.1, 0.15) is 10.4 Å². The Bertz CT molecular complexity index is 791. The lowest BCUT2D eigenvalue weighted by atomic mass is 10.1. The predicted octanol–water partition coefficient (Wildman–Crippen LogP) is 4.73. The molecule has 3 rings (SSSR count). The molecule has 0 unspecified atom stereocenters. The zero-order valence-electron chi connectivity index (χ0n) is 11.4. The van der Waals surface area contributed by atoms with Crippen LogP contribution >= 0.6 is 23.4 Å². The van der Waals surface area contributed by atoms with Crippen LogP contribution < -0.4 is 0 Å². The Labute approximate surface area is 137 Å². The van der Waals surface area contributed by atoms with E-state index >= 15 is 0 Å². The molecule has 3 aromatic rings. The number of halogens is 1. The van der Waals surface area contributed by atoms with E-state index < -0.39 is 0 Å². The molecule has 5 heteroatoms. The Kier molecular flexibility index (Phi) is 4.51. The molecule has 0 saturated carbocycles. The third-order valence-electron chi connectivity index (χ3n) is 2.97. The molecule has 0 aliphatic carbocycles. The highest BCUT2D eigenvalue weighted by atomic mass is 35.5. The first-order valence-corrected chi connectivity index (χ1v) is 7.78. The lowest BCUT2D eigenvalue weighted by Crippen LogP contribution is -1.96. The smallest absolute Gasteiger partial charge is 0.227 e. The summed E-state index contributed by atoms with van der Waals surface area (Å²) in [5.41, 5.74) is 2.36. The van der Waals surface area contributed by atoms with Crippen molar-refractivity contribution >= 4 is 28.5 Å². The van der Waals surface area contributed by atoms with E-state index in [1.165, 1.54) is 0 Å². The summed E-state index contributed by atoms with van der Waals surface area (Å²) in [6.07, 6.45) is 1.66. The van der Waals surface area contributed by atoms with Gasteiger partial charge in [-0.15, -0.1) is 0 Å². The van der Waals surface area contributed by atoms with Gasteiger partial charge in [-0.1, -0.05) is 41.9 Å². The molecular weight excluding hydrogens is 316 g/mol. The minimum Gasteiger partial charge on any atom is -0.281 e. The van der Waals surface area contributed by atoms with Gasteiger partial charge in [-0.3, -0.25) is 4.79 Å². The van der Waals surface area contributed by atoms with Crippen molar-refractivity contribution in [1.82, 2.24) is 9.97 Å². The summed E-state index contributed by atoms with van der Waals surface area (Å²) in [6, 6.07) is 18.4. The average Bonchev–Trinajstić information content (AvgIpc) is 2.56. The first-order valence-electron chi connectivity index (χ1n) is 6.58. The molecule has 0 spiro atoms. The third-order valence-corrected chi connectivity index (χ3v) is 4.02. The van der Waals surface area contributed by atoms with Crippen LogP contribution in [-0.2, 0) is 0 Å². The largest absolute Gasteiger partial charge is 0.281 e. The summed E-state index contributed by atoms with van der Waals surface area (Å²) in [5.74, 6) is 0. The predicted molar refractivity (Wildman–Crippen MR) is 89.1 cm³/mol. The molecule has 0 saturated heterocycles. The number of benzene rings is 2. The highest BCUT2D eigenvalue weighted by Gasteiger charge is 2.11. The summed E-state index contributed by atoms with van der Waals surface area (Å²) >= 11 is 6.83. The molecule has 3 nitrogen and oxygen atoms in total. The maximum absolute atomic E-state index is 12.2. The van der Waals surface area contributed by atoms with Crippen molar-refractivity contribution in [2.24, 2.45) is 0 Å². The van der Waals surface area contributed by atoms with Crippen LogP contribution in [0.2, 0.25) is 5.02 Å². The van der Waals surface area contributed by atoms with Crippen molar-refractivity contribution in [2.75, 3.05) is 0 Å². The number of carbonyl (C=O) groups is 1. The molecule has 0 aliphatic heterocycles. The molecule has 1 heterocycles. The normalized spacial score (nSPS) is 10.4. The molecule has 0 N–H and O–H groups in total. The van der Waals surface area contributed by atoms with Gasteiger partial charge in [-0.25, -0.2) is 9.97 Å². The van der Waals surface area contributed by atoms with Gasteiger partial charge in [0.25, 0.3) is 0 Å². The van der Waals surface area contributed by atoms with Gasteiger partial charge < -0.3 is 0 Å². The number of carbonyl (C=O) groups excluding carboxylic acids is 1. The summed E-state index contributed by atoms with van der Waals surface area (Å²) in [7, 11) is 0. The van der Waals surface area contributed by atoms with Gasteiger partial charge >= 0.3 is 0 Å². The van der Waals surface area contributed by atoms with Gasteiger partial charge in [-0.05, 0) is 42.1 Å². The van der Waals surface area contributed by atoms with E-state index in [0.29, 0.717) is 15.7 Å². The highest BCUT2D eigenvalue weighted by molar-refractivity contribution is 8.14. The monoisotopic (exact) mass is 326 g/mol. The SMILES string of the molecule is O=C(Sc1nccc(-c2ccccc2)n1)c1ccc(Cl)cc1. The van der Waals surface area contributed by atoms with Gasteiger partial charge in [0.2, 0.25) is 5.12 Å². The molecule has 2 aromatic carbocycles. The van der Waals surface area contributed by atoms with Crippen molar-refractivity contribution in [1.29, 1.82) is 0 Å². The zero-order chi connectivity index (χ0) is 15.4. The fourth-order valence-electron chi connectivity index (χ4n) is 1.89. The van der Waals surface area contributed by atoms with Gasteiger partial charge in [0, 0.05) is 22.3 Å². The molecule has 0 fully saturated rings. The molecule has 1 aromatic heterocycles. The Balaban J connectivity index is 1.81. The maximum atomic E-state index is 12.2.